The topological polar surface area (TPSA) is 89.6 Å². The van der Waals surface area contributed by atoms with Gasteiger partial charge in [0.1, 0.15) is 11.8 Å². The van der Waals surface area contributed by atoms with E-state index < -0.39 is 0 Å². The van der Waals surface area contributed by atoms with Gasteiger partial charge in [-0.25, -0.2) is 14.8 Å². The van der Waals surface area contributed by atoms with Crippen molar-refractivity contribution in [3.05, 3.63) is 52.2 Å². The molecule has 19 heavy (non-hydrogen) atoms. The predicted molar refractivity (Wildman–Crippen MR) is 72.8 cm³/mol. The van der Waals surface area contributed by atoms with Crippen LogP contribution in [0.5, 0.6) is 0 Å². The van der Waals surface area contributed by atoms with Gasteiger partial charge in [-0.15, -0.1) is 0 Å². The van der Waals surface area contributed by atoms with Crippen molar-refractivity contribution in [2.45, 2.75) is 13.5 Å². The van der Waals surface area contributed by atoms with Crippen molar-refractivity contribution < 1.29 is 0 Å². The number of aromatic nitrogens is 4. The predicted octanol–water partition coefficient (Wildman–Crippen LogP) is 1.06. The highest BCUT2D eigenvalue weighted by Crippen LogP contribution is 2.13. The highest BCUT2D eigenvalue weighted by molar-refractivity contribution is 5.81. The fourth-order valence-corrected chi connectivity index (χ4v) is 2.01. The Hall–Kier alpha value is -2.63. The minimum Gasteiger partial charge on any atom is -0.382 e. The smallest absolute Gasteiger partial charge is 0.328 e. The zero-order chi connectivity index (χ0) is 13.4. The molecule has 3 rings (SSSR count). The molecule has 0 aliphatic rings. The summed E-state index contributed by atoms with van der Waals surface area (Å²) in [6.07, 6.45) is 1.36. The van der Waals surface area contributed by atoms with Crippen LogP contribution in [0.2, 0.25) is 0 Å². The number of nitrogen functional groups attached to an aromatic ring is 1. The van der Waals surface area contributed by atoms with E-state index in [4.69, 9.17) is 5.73 Å². The molecule has 96 valence electrons. The Morgan fingerprint density at radius 2 is 2.00 bits per heavy atom. The Balaban J connectivity index is 2.10. The van der Waals surface area contributed by atoms with E-state index >= 15 is 0 Å². The van der Waals surface area contributed by atoms with Crippen molar-refractivity contribution in [1.29, 1.82) is 0 Å². The Morgan fingerprint density at radius 3 is 2.74 bits per heavy atom. The summed E-state index contributed by atoms with van der Waals surface area (Å²) in [7, 11) is 0. The minimum absolute atomic E-state index is 0.234. The lowest BCUT2D eigenvalue weighted by Gasteiger charge is -2.03. The van der Waals surface area contributed by atoms with E-state index in [2.05, 4.69) is 15.0 Å². The van der Waals surface area contributed by atoms with Gasteiger partial charge in [-0.05, 0) is 12.5 Å². The van der Waals surface area contributed by atoms with Crippen molar-refractivity contribution in [1.82, 2.24) is 19.5 Å². The monoisotopic (exact) mass is 255 g/mol. The Kier molecular flexibility index (Phi) is 2.56. The van der Waals surface area contributed by atoms with Gasteiger partial charge in [-0.3, -0.25) is 4.57 Å². The minimum atomic E-state index is -0.234. The van der Waals surface area contributed by atoms with E-state index in [9.17, 15) is 4.79 Å². The van der Waals surface area contributed by atoms with Crippen LogP contribution in [-0.4, -0.2) is 19.5 Å². The lowest BCUT2D eigenvalue weighted by atomic mass is 10.1. The molecule has 1 aromatic carbocycles. The number of nitrogens with zero attached hydrogens (tertiary/aromatic N) is 3. The number of nitrogens with one attached hydrogen (secondary N) is 1. The number of nitrogens with two attached hydrogens (primary N) is 1. The maximum atomic E-state index is 11.9. The second kappa shape index (κ2) is 4.24. The molecule has 0 unspecified atom stereocenters. The molecule has 0 aliphatic heterocycles. The molecule has 0 saturated heterocycles. The highest BCUT2D eigenvalue weighted by Gasteiger charge is 2.11. The standard InChI is InChI=1S/C13H13N5O/c1-8-2-4-9(5-3-8)6-18-12-10(17-13(18)19)11(14)15-7-16-12/h2-5,7H,6H2,1H3,(H,17,19)(H2,14,15,16). The average Bonchev–Trinajstić information content (AvgIpc) is 2.71. The number of hydrogen-bond donors (Lipinski definition) is 2. The number of hydrogen-bond acceptors (Lipinski definition) is 4. The number of anilines is 1. The van der Waals surface area contributed by atoms with Crippen LogP contribution in [0.4, 0.5) is 5.82 Å². The van der Waals surface area contributed by atoms with Crippen LogP contribution in [-0.2, 0) is 6.54 Å². The molecule has 0 atom stereocenters. The molecule has 0 saturated carbocycles. The van der Waals surface area contributed by atoms with Gasteiger partial charge in [0.2, 0.25) is 0 Å². The largest absolute Gasteiger partial charge is 0.382 e. The zero-order valence-corrected chi connectivity index (χ0v) is 10.4. The van der Waals surface area contributed by atoms with Crippen molar-refractivity contribution in [2.75, 3.05) is 5.73 Å². The van der Waals surface area contributed by atoms with E-state index in [1.54, 1.807) is 4.57 Å². The van der Waals surface area contributed by atoms with Gasteiger partial charge in [0.05, 0.1) is 6.54 Å². The molecular weight excluding hydrogens is 242 g/mol. The molecule has 3 N–H and O–H groups in total. The Labute approximate surface area is 108 Å². The molecule has 6 nitrogen and oxygen atoms in total. The summed E-state index contributed by atoms with van der Waals surface area (Å²) in [5.41, 5.74) is 8.71. The van der Waals surface area contributed by atoms with Crippen molar-refractivity contribution in [3.8, 4) is 0 Å². The second-order valence-electron chi connectivity index (χ2n) is 4.46. The van der Waals surface area contributed by atoms with E-state index in [1.165, 1.54) is 11.9 Å². The van der Waals surface area contributed by atoms with Crippen LogP contribution in [0.1, 0.15) is 11.1 Å². The van der Waals surface area contributed by atoms with Gasteiger partial charge in [-0.1, -0.05) is 29.8 Å². The normalized spacial score (nSPS) is 11.0. The van der Waals surface area contributed by atoms with Gasteiger partial charge in [-0.2, -0.15) is 0 Å². The molecule has 0 amide bonds. The van der Waals surface area contributed by atoms with Gasteiger partial charge in [0.25, 0.3) is 0 Å². The number of benzene rings is 1. The summed E-state index contributed by atoms with van der Waals surface area (Å²) in [5, 5.41) is 0. The van der Waals surface area contributed by atoms with Gasteiger partial charge in [0.15, 0.2) is 11.5 Å². The summed E-state index contributed by atoms with van der Waals surface area (Å²) in [5.74, 6) is 0.282. The first kappa shape index (κ1) is 11.5. The molecule has 2 aromatic heterocycles. The fraction of sp³-hybridized carbons (Fsp3) is 0.154. The summed E-state index contributed by atoms with van der Waals surface area (Å²) < 4.78 is 1.55. The molecule has 6 heteroatoms. The van der Waals surface area contributed by atoms with E-state index in [-0.39, 0.29) is 11.5 Å². The summed E-state index contributed by atoms with van der Waals surface area (Å²) in [4.78, 5) is 22.6. The third-order valence-corrected chi connectivity index (χ3v) is 3.05. The quantitative estimate of drug-likeness (QED) is 0.716. The third-order valence-electron chi connectivity index (χ3n) is 3.05. The Morgan fingerprint density at radius 1 is 1.26 bits per heavy atom. The van der Waals surface area contributed by atoms with Crippen LogP contribution in [0.15, 0.2) is 35.4 Å². The summed E-state index contributed by atoms with van der Waals surface area (Å²) >= 11 is 0. The third kappa shape index (κ3) is 1.97. The maximum Gasteiger partial charge on any atom is 0.328 e. The Bertz CT molecular complexity index is 785. The number of H-pyrrole nitrogens is 1. The van der Waals surface area contributed by atoms with Crippen LogP contribution < -0.4 is 11.4 Å². The van der Waals surface area contributed by atoms with Gasteiger partial charge in [0, 0.05) is 0 Å². The SMILES string of the molecule is Cc1ccc(Cn2c(=O)[nH]c3c(N)ncnc32)cc1. The lowest BCUT2D eigenvalue weighted by molar-refractivity contribution is 0.777. The van der Waals surface area contributed by atoms with Crippen LogP contribution in [0, 0.1) is 6.92 Å². The van der Waals surface area contributed by atoms with Crippen molar-refractivity contribution in [3.63, 3.8) is 0 Å². The summed E-state index contributed by atoms with van der Waals surface area (Å²) in [6.45, 7) is 2.48. The average molecular weight is 255 g/mol. The van der Waals surface area contributed by atoms with E-state index in [1.807, 2.05) is 31.2 Å². The number of aryl methyl sites for hydroxylation is 1. The first-order chi connectivity index (χ1) is 9.15. The van der Waals surface area contributed by atoms with Gasteiger partial charge < -0.3 is 10.7 Å². The molecule has 2 heterocycles. The van der Waals surface area contributed by atoms with E-state index in [0.717, 1.165) is 5.56 Å². The highest BCUT2D eigenvalue weighted by atomic mass is 16.1. The molecule has 3 aromatic rings. The molecule has 0 fully saturated rings. The summed E-state index contributed by atoms with van der Waals surface area (Å²) in [6, 6.07) is 8.01. The second-order valence-corrected chi connectivity index (χ2v) is 4.46. The van der Waals surface area contributed by atoms with Crippen molar-refractivity contribution >= 4 is 17.0 Å². The van der Waals surface area contributed by atoms with Gasteiger partial charge >= 0.3 is 5.69 Å². The lowest BCUT2D eigenvalue weighted by Crippen LogP contribution is -2.17. The maximum absolute atomic E-state index is 11.9. The first-order valence-electron chi connectivity index (χ1n) is 5.89. The number of aromatic amines is 1. The number of fused-ring (bicyclic) bond motifs is 1. The van der Waals surface area contributed by atoms with Crippen LogP contribution in [0.25, 0.3) is 11.2 Å². The zero-order valence-electron chi connectivity index (χ0n) is 10.4. The molecule has 0 radical (unpaired) electrons. The molecular formula is C13H13N5O. The number of rotatable bonds is 2. The fourth-order valence-electron chi connectivity index (χ4n) is 2.01. The van der Waals surface area contributed by atoms with E-state index in [0.29, 0.717) is 17.7 Å². The molecule has 0 spiro atoms. The van der Waals surface area contributed by atoms with Crippen LogP contribution >= 0.6 is 0 Å². The molecule has 0 aliphatic carbocycles. The number of imidazole rings is 1. The van der Waals surface area contributed by atoms with Crippen molar-refractivity contribution in [2.24, 2.45) is 0 Å². The van der Waals surface area contributed by atoms with Crippen LogP contribution in [0.3, 0.4) is 0 Å². The molecule has 0 bridgehead atoms. The first-order valence-corrected chi connectivity index (χ1v) is 5.89.